The number of halogens is 6. The minimum absolute atomic E-state index is 0.0679. The summed E-state index contributed by atoms with van der Waals surface area (Å²) in [5.74, 6) is -3.24. The van der Waals surface area contributed by atoms with Crippen molar-refractivity contribution in [3.8, 4) is 5.75 Å². The van der Waals surface area contributed by atoms with Gasteiger partial charge in [0.15, 0.2) is 0 Å². The minimum atomic E-state index is -5.12. The summed E-state index contributed by atoms with van der Waals surface area (Å²) in [6.45, 7) is 3.29. The highest BCUT2D eigenvalue weighted by Crippen LogP contribution is 2.35. The van der Waals surface area contributed by atoms with Gasteiger partial charge in [0, 0.05) is 4.91 Å². The van der Waals surface area contributed by atoms with Gasteiger partial charge < -0.3 is 44.3 Å². The third-order valence-corrected chi connectivity index (χ3v) is 8.98. The maximum Gasteiger partial charge on any atom is 0.471 e. The van der Waals surface area contributed by atoms with Crippen molar-refractivity contribution in [2.75, 3.05) is 26.6 Å². The molecule has 3 rings (SSSR count). The zero-order valence-electron chi connectivity index (χ0n) is 26.0. The Morgan fingerprint density at radius 2 is 1.75 bits per heavy atom. The summed E-state index contributed by atoms with van der Waals surface area (Å²) in [4.78, 5) is 14.1. The summed E-state index contributed by atoms with van der Waals surface area (Å²) in [6, 6.07) is 5.09. The Hall–Kier alpha value is -1.96. The average Bonchev–Trinajstić information content (AvgIpc) is 3.03. The molecule has 1 aromatic carbocycles. The second kappa shape index (κ2) is 18.9. The lowest BCUT2D eigenvalue weighted by molar-refractivity contribution is -0.223. The first-order valence-corrected chi connectivity index (χ1v) is 16.6. The van der Waals surface area contributed by atoms with E-state index in [-0.39, 0.29) is 19.1 Å². The number of hydrogen-bond donors (Lipinski definition) is 5. The number of carbonyl (C=O) groups excluding carboxylic acids is 1. The molecule has 5 unspecified atom stereocenters. The molecule has 272 valence electrons. The molecule has 1 aromatic rings. The lowest BCUT2D eigenvalue weighted by atomic mass is 9.82. The minimum Gasteiger partial charge on any atom is -0.497 e. The number of benzene rings is 1. The molecule has 2 aliphatic rings. The third-order valence-electron chi connectivity index (χ3n) is 7.61. The highest BCUT2D eigenvalue weighted by molar-refractivity contribution is 7.99. The van der Waals surface area contributed by atoms with Crippen LogP contribution in [0.25, 0.3) is 10.4 Å². The topological polar surface area (TPSA) is 209 Å². The van der Waals surface area contributed by atoms with Crippen LogP contribution >= 0.6 is 46.6 Å². The molecule has 0 aliphatic carbocycles. The Labute approximate surface area is 293 Å². The number of alkyl halides is 6. The number of aliphatic hydroxyl groups excluding tert-OH is 3. The van der Waals surface area contributed by atoms with Crippen molar-refractivity contribution in [3.63, 3.8) is 0 Å². The molecule has 2 fully saturated rings. The Bertz CT molecular complexity index is 1250. The van der Waals surface area contributed by atoms with Crippen LogP contribution in [0.3, 0.4) is 0 Å². The highest BCUT2D eigenvalue weighted by Gasteiger charge is 2.49. The molecule has 0 aromatic heterocycles. The summed E-state index contributed by atoms with van der Waals surface area (Å²) < 4.78 is 63.3. The molecule has 0 radical (unpaired) electrons. The first kappa shape index (κ1) is 42.2. The van der Waals surface area contributed by atoms with Crippen LogP contribution in [0.2, 0.25) is 0 Å². The fourth-order valence-electron chi connectivity index (χ4n) is 4.66. The second-order valence-electron chi connectivity index (χ2n) is 10.7. The van der Waals surface area contributed by atoms with E-state index in [0.29, 0.717) is 5.75 Å². The van der Waals surface area contributed by atoms with Gasteiger partial charge in [0.1, 0.15) is 29.4 Å². The van der Waals surface area contributed by atoms with Crippen LogP contribution in [0.1, 0.15) is 19.4 Å². The summed E-state index contributed by atoms with van der Waals surface area (Å²) in [5, 5.41) is 41.1. The number of aliphatic hydroxyl groups is 3. The number of methoxy groups -OCH3 is 1. The number of azide groups is 1. The third kappa shape index (κ3) is 11.8. The number of rotatable bonds is 10. The van der Waals surface area contributed by atoms with Crippen LogP contribution in [0.4, 0.5) is 13.2 Å². The lowest BCUT2D eigenvalue weighted by Gasteiger charge is -2.44. The molecule has 48 heavy (non-hydrogen) atoms. The molecule has 0 bridgehead atoms. The monoisotopic (exact) mass is 769 g/mol. The Balaban J connectivity index is 0.000000444. The molecule has 10 atom stereocenters. The van der Waals surface area contributed by atoms with Gasteiger partial charge in [-0.3, -0.25) is 10.2 Å². The predicted octanol–water partition coefficient (Wildman–Crippen LogP) is 4.09. The van der Waals surface area contributed by atoms with Crippen LogP contribution in [0.15, 0.2) is 29.4 Å². The molecule has 1 amide bonds. The van der Waals surface area contributed by atoms with Crippen LogP contribution in [0, 0.1) is 17.2 Å². The molecule has 2 heterocycles. The summed E-state index contributed by atoms with van der Waals surface area (Å²) >= 11 is 18.1. The molecule has 2 saturated heterocycles. The van der Waals surface area contributed by atoms with Gasteiger partial charge in [-0.15, -0.1) is 11.8 Å². The highest BCUT2D eigenvalue weighted by atomic mass is 35.6. The molecule has 5 N–H and O–H groups in total. The SMILES string of the molecule is COc1ccc(COCC2OC(OC(=N)C(Cl)(Cl)Cl)C(NC(=O)C(F)(F)F)[C@@H](C)[C@@H]2C)cc1.CS[C@@H]1OC(CO)[C@@H](O)[C@H](O)C1N=[N+]=[N-]. The fourth-order valence-corrected chi connectivity index (χ4v) is 5.54. The van der Waals surface area contributed by atoms with Gasteiger partial charge in [0.25, 0.3) is 3.79 Å². The van der Waals surface area contributed by atoms with Crippen molar-refractivity contribution in [1.82, 2.24) is 5.32 Å². The van der Waals surface area contributed by atoms with E-state index in [1.165, 1.54) is 11.8 Å². The Morgan fingerprint density at radius 3 is 2.25 bits per heavy atom. The molecule has 0 spiro atoms. The second-order valence-corrected chi connectivity index (χ2v) is 13.9. The van der Waals surface area contributed by atoms with Crippen molar-refractivity contribution < 1.29 is 57.0 Å². The normalized spacial score (nSPS) is 30.6. The maximum absolute atomic E-state index is 12.8. The van der Waals surface area contributed by atoms with Gasteiger partial charge in [0.2, 0.25) is 12.2 Å². The molecule has 0 saturated carbocycles. The number of nitrogens with one attached hydrogen (secondary N) is 2. The van der Waals surface area contributed by atoms with E-state index < -0.39 is 82.5 Å². The smallest absolute Gasteiger partial charge is 0.471 e. The molecule has 21 heteroatoms. The largest absolute Gasteiger partial charge is 0.497 e. The van der Waals surface area contributed by atoms with Crippen molar-refractivity contribution >= 4 is 58.4 Å². The Morgan fingerprint density at radius 1 is 1.12 bits per heavy atom. The molecular weight excluding hydrogens is 734 g/mol. The van der Waals surface area contributed by atoms with Gasteiger partial charge >= 0.3 is 12.1 Å². The van der Waals surface area contributed by atoms with Crippen molar-refractivity contribution in [1.29, 1.82) is 5.41 Å². The number of carbonyl (C=O) groups is 1. The Kier molecular flexibility index (Phi) is 16.6. The van der Waals surface area contributed by atoms with E-state index in [0.717, 1.165) is 5.56 Å². The first-order chi connectivity index (χ1) is 22.4. The van der Waals surface area contributed by atoms with E-state index in [1.807, 2.05) is 17.4 Å². The molecule has 14 nitrogen and oxygen atoms in total. The predicted molar refractivity (Wildman–Crippen MR) is 171 cm³/mol. The quantitative estimate of drug-likeness (QED) is 0.0575. The average molecular weight is 771 g/mol. The van der Waals surface area contributed by atoms with E-state index in [9.17, 15) is 28.2 Å². The van der Waals surface area contributed by atoms with Crippen LogP contribution in [-0.4, -0.2) is 112 Å². The van der Waals surface area contributed by atoms with Gasteiger partial charge in [0.05, 0.1) is 45.2 Å². The van der Waals surface area contributed by atoms with Crippen LogP contribution in [-0.2, 0) is 30.3 Å². The van der Waals surface area contributed by atoms with Crippen molar-refractivity contribution in [2.24, 2.45) is 17.0 Å². The number of amides is 1. The maximum atomic E-state index is 12.8. The number of ether oxygens (including phenoxy) is 5. The van der Waals surface area contributed by atoms with Gasteiger partial charge in [-0.2, -0.15) is 13.2 Å². The summed E-state index contributed by atoms with van der Waals surface area (Å²) in [5.41, 5.74) is 8.62. The van der Waals surface area contributed by atoms with Crippen molar-refractivity contribution in [2.45, 2.75) is 78.6 Å². The summed E-state index contributed by atoms with van der Waals surface area (Å²) in [6.07, 6.45) is -8.84. The fraction of sp³-hybridized carbons (Fsp3) is 0.704. The van der Waals surface area contributed by atoms with E-state index in [2.05, 4.69) is 10.0 Å². The van der Waals surface area contributed by atoms with Gasteiger partial charge in [-0.25, -0.2) is 0 Å². The van der Waals surface area contributed by atoms with Gasteiger partial charge in [-0.1, -0.05) is 65.9 Å². The molecular formula is C27H37Cl3F3N5O9S. The van der Waals surface area contributed by atoms with Crippen molar-refractivity contribution in [3.05, 3.63) is 40.3 Å². The van der Waals surface area contributed by atoms with E-state index >= 15 is 0 Å². The standard InChI is InChI=1S/C20H24Cl3F3N2O5.C7H13N3O4S/c1-10-11(2)15(28-18(29)20(24,25)26)16(33-17(27)19(21,22)23)32-14(10)9-31-8-12-4-6-13(30-3)7-5-12;1-15-7-4(9-10-8)6(13)5(12)3(2-11)14-7/h4-7,10-11,14-16,27H,8-9H2,1-3H3,(H,28,29);3-7,11-13H,2H2,1H3/t10-,11-,14?,15?,16?;3?,4?,5-,6-,7+/m01/s1. The van der Waals surface area contributed by atoms with E-state index in [4.69, 9.17) is 74.5 Å². The zero-order chi connectivity index (χ0) is 36.4. The zero-order valence-corrected chi connectivity index (χ0v) is 29.1. The van der Waals surface area contributed by atoms with Crippen LogP contribution < -0.4 is 10.1 Å². The number of nitrogens with zero attached hydrogens (tertiary/aromatic N) is 3. The van der Waals surface area contributed by atoms with Gasteiger partial charge in [-0.05, 0) is 41.3 Å². The molecule has 2 aliphatic heterocycles. The lowest BCUT2D eigenvalue weighted by Crippen LogP contribution is -2.60. The first-order valence-electron chi connectivity index (χ1n) is 14.1. The number of thioether (sulfide) groups is 1. The van der Waals surface area contributed by atoms with E-state index in [1.54, 1.807) is 39.3 Å². The number of hydrogen-bond acceptors (Lipinski definition) is 12. The van der Waals surface area contributed by atoms with Crippen LogP contribution in [0.5, 0.6) is 5.75 Å². The summed E-state index contributed by atoms with van der Waals surface area (Å²) in [7, 11) is 1.56.